The molecule has 0 bridgehead atoms. The number of hydrogen-bond donors (Lipinski definition) is 0. The smallest absolute Gasteiger partial charge is 0.108 e. The zero-order valence-electron chi connectivity index (χ0n) is 10.9. The number of fused-ring (bicyclic) bond motifs is 1. The maximum Gasteiger partial charge on any atom is 0.108 e. The molecule has 0 N–H and O–H groups in total. The second-order valence-corrected chi connectivity index (χ2v) is 7.10. The van der Waals surface area contributed by atoms with E-state index in [1.807, 2.05) is 23.0 Å². The van der Waals surface area contributed by atoms with E-state index in [0.717, 1.165) is 32.5 Å². The Kier molecular flexibility index (Phi) is 3.47. The highest BCUT2D eigenvalue weighted by Gasteiger charge is 2.16. The minimum absolute atomic E-state index is 0.931. The molecule has 0 fully saturated rings. The van der Waals surface area contributed by atoms with Crippen LogP contribution < -0.4 is 0 Å². The van der Waals surface area contributed by atoms with Crippen LogP contribution in [0.5, 0.6) is 0 Å². The van der Waals surface area contributed by atoms with Crippen molar-refractivity contribution in [3.05, 3.63) is 57.2 Å². The van der Waals surface area contributed by atoms with Crippen molar-refractivity contribution in [1.82, 2.24) is 9.97 Å². The molecule has 0 aliphatic carbocycles. The number of rotatable bonds is 2. The highest BCUT2D eigenvalue weighted by atomic mass is 32.2. The second kappa shape index (κ2) is 5.60. The molecule has 21 heavy (non-hydrogen) atoms. The van der Waals surface area contributed by atoms with Crippen molar-refractivity contribution in [3.63, 3.8) is 0 Å². The maximum atomic E-state index is 4.87. The zero-order valence-corrected chi connectivity index (χ0v) is 13.3. The molecule has 3 aromatic heterocycles. The Morgan fingerprint density at radius 1 is 0.714 bits per heavy atom. The molecule has 4 heterocycles. The van der Waals surface area contributed by atoms with Crippen molar-refractivity contribution < 1.29 is 0 Å². The van der Waals surface area contributed by atoms with Crippen LogP contribution in [-0.4, -0.2) is 9.97 Å². The van der Waals surface area contributed by atoms with Crippen LogP contribution in [0.4, 0.5) is 0 Å². The summed E-state index contributed by atoms with van der Waals surface area (Å²) in [6.45, 7) is 0. The second-order valence-electron chi connectivity index (χ2n) is 4.39. The summed E-state index contributed by atoms with van der Waals surface area (Å²) in [5, 5.41) is 8.24. The zero-order chi connectivity index (χ0) is 14.1. The lowest BCUT2D eigenvalue weighted by molar-refractivity contribution is 1.18. The Morgan fingerprint density at radius 3 is 1.67 bits per heavy atom. The summed E-state index contributed by atoms with van der Waals surface area (Å²) < 4.78 is 0. The van der Waals surface area contributed by atoms with Crippen LogP contribution in [0.2, 0.25) is 0 Å². The lowest BCUT2D eigenvalue weighted by Crippen LogP contribution is -1.98. The molecule has 0 saturated carbocycles. The molecule has 0 aromatic carbocycles. The molecule has 2 nitrogen and oxygen atoms in total. The van der Waals surface area contributed by atoms with Crippen molar-refractivity contribution >= 4 is 46.6 Å². The van der Waals surface area contributed by atoms with Gasteiger partial charge >= 0.3 is 0 Å². The van der Waals surface area contributed by atoms with E-state index in [2.05, 4.69) is 35.0 Å². The molecular formula is C16H10N2S3. The lowest BCUT2D eigenvalue weighted by atomic mass is 10.2. The van der Waals surface area contributed by atoms with Gasteiger partial charge in [-0.2, -0.15) is 0 Å². The first-order valence-electron chi connectivity index (χ1n) is 6.40. The Labute approximate surface area is 134 Å². The molecule has 0 amide bonds. The van der Waals surface area contributed by atoms with Crippen LogP contribution >= 0.6 is 34.4 Å². The monoisotopic (exact) mass is 326 g/mol. The Bertz CT molecular complexity index is 746. The lowest BCUT2D eigenvalue weighted by Gasteiger charge is -2.08. The minimum Gasteiger partial charge on any atom is -0.243 e. The van der Waals surface area contributed by atoms with Gasteiger partial charge in [0, 0.05) is 0 Å². The number of thiophene rings is 2. The summed E-state index contributed by atoms with van der Waals surface area (Å²) in [7, 11) is 0. The number of thioether (sulfide) groups is 1. The van der Waals surface area contributed by atoms with Gasteiger partial charge in [-0.25, -0.2) is 9.97 Å². The molecule has 4 rings (SSSR count). The van der Waals surface area contributed by atoms with Gasteiger partial charge in [-0.05, 0) is 45.9 Å². The van der Waals surface area contributed by atoms with Gasteiger partial charge in [-0.1, -0.05) is 12.1 Å². The number of hydrogen-bond acceptors (Lipinski definition) is 5. The van der Waals surface area contributed by atoms with Crippen LogP contribution in [0.15, 0.2) is 45.8 Å². The summed E-state index contributed by atoms with van der Waals surface area (Å²) in [5.74, 6) is 0. The Hall–Kier alpha value is -1.69. The summed E-state index contributed by atoms with van der Waals surface area (Å²) in [6, 6.07) is 8.31. The Balaban J connectivity index is 2.00. The summed E-state index contributed by atoms with van der Waals surface area (Å²) >= 11 is 5.04. The molecular weight excluding hydrogens is 316 g/mol. The van der Waals surface area contributed by atoms with Gasteiger partial charge in [-0.15, -0.1) is 34.4 Å². The number of nitrogens with zero attached hydrogens (tertiary/aromatic N) is 2. The van der Waals surface area contributed by atoms with E-state index in [4.69, 9.17) is 9.97 Å². The van der Waals surface area contributed by atoms with Gasteiger partial charge < -0.3 is 0 Å². The third-order valence-corrected chi connectivity index (χ3v) is 5.41. The fourth-order valence-corrected chi connectivity index (χ4v) is 4.06. The van der Waals surface area contributed by atoms with E-state index in [9.17, 15) is 0 Å². The number of aromatic nitrogens is 2. The molecule has 0 radical (unpaired) electrons. The van der Waals surface area contributed by atoms with Crippen molar-refractivity contribution in [2.45, 2.75) is 0 Å². The predicted octanol–water partition coefficient (Wildman–Crippen LogP) is 5.62. The van der Waals surface area contributed by atoms with Crippen molar-refractivity contribution in [2.75, 3.05) is 0 Å². The highest BCUT2D eigenvalue weighted by molar-refractivity contribution is 8.05. The van der Waals surface area contributed by atoms with E-state index >= 15 is 0 Å². The van der Waals surface area contributed by atoms with Gasteiger partial charge in [-0.3, -0.25) is 0 Å². The maximum absolute atomic E-state index is 4.87. The standard InChI is InChI=1S/C16H10N2S3/c1-3-13(20-7-1)15-16(14-4-2-8-21-14)18-12-6-10-19-9-5-11(12)17-15/h1-10H. The molecule has 102 valence electrons. The van der Waals surface area contributed by atoms with Gasteiger partial charge in [0.15, 0.2) is 0 Å². The predicted molar refractivity (Wildman–Crippen MR) is 94.3 cm³/mol. The van der Waals surface area contributed by atoms with Gasteiger partial charge in [0.2, 0.25) is 0 Å². The van der Waals surface area contributed by atoms with E-state index in [0.29, 0.717) is 0 Å². The van der Waals surface area contributed by atoms with Gasteiger partial charge in [0.1, 0.15) is 11.4 Å². The normalized spacial score (nSPS) is 13.1. The van der Waals surface area contributed by atoms with E-state index < -0.39 is 0 Å². The molecule has 0 unspecified atom stereocenters. The molecule has 1 aliphatic rings. The average molecular weight is 326 g/mol. The summed E-state index contributed by atoms with van der Waals surface area (Å²) in [5.41, 5.74) is 3.80. The molecule has 3 aromatic rings. The first-order chi connectivity index (χ1) is 10.4. The third-order valence-electron chi connectivity index (χ3n) is 3.07. The molecule has 0 saturated heterocycles. The first-order valence-corrected chi connectivity index (χ1v) is 9.10. The quantitative estimate of drug-likeness (QED) is 0.611. The van der Waals surface area contributed by atoms with E-state index in [-0.39, 0.29) is 0 Å². The third kappa shape index (κ3) is 2.48. The van der Waals surface area contributed by atoms with Crippen molar-refractivity contribution in [3.8, 4) is 21.1 Å². The average Bonchev–Trinajstić information content (AvgIpc) is 3.16. The minimum atomic E-state index is 0.931. The van der Waals surface area contributed by atoms with Crippen LogP contribution in [0, 0.1) is 0 Å². The topological polar surface area (TPSA) is 25.8 Å². The van der Waals surface area contributed by atoms with E-state index in [1.165, 1.54) is 0 Å². The van der Waals surface area contributed by atoms with Crippen LogP contribution in [-0.2, 0) is 0 Å². The largest absolute Gasteiger partial charge is 0.243 e. The fourth-order valence-electron chi connectivity index (χ4n) is 2.13. The SMILES string of the molecule is C1=Cc2nc(-c3cccs3)c(-c3cccs3)nc2C=CS1. The van der Waals surface area contributed by atoms with E-state index in [1.54, 1.807) is 34.4 Å². The molecule has 0 spiro atoms. The van der Waals surface area contributed by atoms with Crippen LogP contribution in [0.25, 0.3) is 33.3 Å². The molecule has 5 heteroatoms. The van der Waals surface area contributed by atoms with Crippen molar-refractivity contribution in [1.29, 1.82) is 0 Å². The van der Waals surface area contributed by atoms with Crippen molar-refractivity contribution in [2.24, 2.45) is 0 Å². The molecule has 0 atom stereocenters. The summed E-state index contributed by atoms with van der Waals surface area (Å²) in [6.07, 6.45) is 4.06. The molecule has 1 aliphatic heterocycles. The van der Waals surface area contributed by atoms with Gasteiger partial charge in [0.05, 0.1) is 21.1 Å². The highest BCUT2D eigenvalue weighted by Crippen LogP contribution is 2.35. The van der Waals surface area contributed by atoms with Crippen LogP contribution in [0.3, 0.4) is 0 Å². The fraction of sp³-hybridized carbons (Fsp3) is 0. The van der Waals surface area contributed by atoms with Gasteiger partial charge in [0.25, 0.3) is 0 Å². The summed E-state index contributed by atoms with van der Waals surface area (Å²) in [4.78, 5) is 12.1. The Morgan fingerprint density at radius 2 is 1.24 bits per heavy atom. The first kappa shape index (κ1) is 13.0. The van der Waals surface area contributed by atoms with Crippen LogP contribution in [0.1, 0.15) is 11.4 Å².